The number of hydrogen-bond donors (Lipinski definition) is 1. The Bertz CT molecular complexity index is 1150. The van der Waals surface area contributed by atoms with Crippen LogP contribution in [0.1, 0.15) is 24.5 Å². The highest BCUT2D eigenvalue weighted by atomic mass is 32.2. The van der Waals surface area contributed by atoms with Crippen molar-refractivity contribution in [1.82, 2.24) is 5.32 Å². The minimum Gasteiger partial charge on any atom is -0.489 e. The average Bonchev–Trinajstić information content (AvgIpc) is 2.83. The third-order valence-electron chi connectivity index (χ3n) is 5.70. The minimum atomic E-state index is -4.49. The largest absolute Gasteiger partial charge is 0.489 e. The summed E-state index contributed by atoms with van der Waals surface area (Å²) in [6.07, 6.45) is -4.13. The maximum atomic E-state index is 14.0. The Morgan fingerprint density at radius 2 is 1.89 bits per heavy atom. The lowest BCUT2D eigenvalue weighted by molar-refractivity contribution is -0.139. The van der Waals surface area contributed by atoms with E-state index in [9.17, 15) is 18.0 Å². The van der Waals surface area contributed by atoms with E-state index in [1.54, 1.807) is 30.3 Å². The van der Waals surface area contributed by atoms with Crippen LogP contribution in [0.2, 0.25) is 0 Å². The fraction of sp³-hybridized carbons (Fsp3) is 0.296. The molecule has 1 aliphatic rings. The molecule has 1 N–H and O–H groups in total. The molecule has 4 nitrogen and oxygen atoms in total. The normalized spacial score (nSPS) is 16.2. The second-order valence-electron chi connectivity index (χ2n) is 8.53. The summed E-state index contributed by atoms with van der Waals surface area (Å²) in [6.45, 7) is 3.59. The molecule has 1 unspecified atom stereocenters. The number of piperazine rings is 1. The van der Waals surface area contributed by atoms with Crippen LogP contribution < -0.4 is 15.0 Å². The molecular formula is C27H27F3N2O2S. The van der Waals surface area contributed by atoms with Crippen molar-refractivity contribution < 1.29 is 22.7 Å². The molecule has 1 atom stereocenters. The van der Waals surface area contributed by atoms with Gasteiger partial charge in [-0.15, -0.1) is 0 Å². The molecule has 35 heavy (non-hydrogen) atoms. The number of ketones is 1. The molecule has 1 heterocycles. The van der Waals surface area contributed by atoms with Crippen molar-refractivity contribution in [2.24, 2.45) is 0 Å². The van der Waals surface area contributed by atoms with E-state index in [0.717, 1.165) is 17.3 Å². The monoisotopic (exact) mass is 500 g/mol. The van der Waals surface area contributed by atoms with Crippen LogP contribution in [-0.2, 0) is 17.6 Å². The van der Waals surface area contributed by atoms with Gasteiger partial charge in [-0.25, -0.2) is 0 Å². The van der Waals surface area contributed by atoms with Gasteiger partial charge in [-0.1, -0.05) is 48.2 Å². The molecule has 0 amide bonds. The van der Waals surface area contributed by atoms with Crippen LogP contribution >= 0.6 is 11.8 Å². The van der Waals surface area contributed by atoms with Crippen LogP contribution in [0, 0.1) is 0 Å². The topological polar surface area (TPSA) is 41.6 Å². The number of Topliss-reactive ketones (excluding diaryl/α,β-unsaturated/α-hetero) is 1. The Balaban J connectivity index is 1.51. The highest BCUT2D eigenvalue weighted by molar-refractivity contribution is 7.99. The van der Waals surface area contributed by atoms with Gasteiger partial charge in [0, 0.05) is 47.6 Å². The van der Waals surface area contributed by atoms with Crippen molar-refractivity contribution in [1.29, 1.82) is 0 Å². The number of hydrogen-bond acceptors (Lipinski definition) is 5. The number of ether oxygens (including phenoxy) is 1. The van der Waals surface area contributed by atoms with E-state index in [-0.39, 0.29) is 16.7 Å². The zero-order valence-corrected chi connectivity index (χ0v) is 20.2. The number of carbonyl (C=O) groups is 1. The second kappa shape index (κ2) is 11.2. The highest BCUT2D eigenvalue weighted by Gasteiger charge is 2.35. The molecule has 1 saturated heterocycles. The molecule has 0 aromatic heterocycles. The first kappa shape index (κ1) is 25.1. The molecule has 3 aromatic carbocycles. The highest BCUT2D eigenvalue weighted by Crippen LogP contribution is 2.42. The van der Waals surface area contributed by atoms with Gasteiger partial charge in [-0.3, -0.25) is 4.79 Å². The van der Waals surface area contributed by atoms with Crippen LogP contribution in [-0.4, -0.2) is 31.5 Å². The molecule has 3 aromatic rings. The first-order valence-electron chi connectivity index (χ1n) is 11.4. The number of benzene rings is 3. The number of halogens is 3. The lowest BCUT2D eigenvalue weighted by Crippen LogP contribution is -2.51. The fourth-order valence-corrected chi connectivity index (χ4v) is 5.06. The molecule has 1 fully saturated rings. The van der Waals surface area contributed by atoms with Gasteiger partial charge < -0.3 is 15.0 Å². The van der Waals surface area contributed by atoms with Gasteiger partial charge >= 0.3 is 6.18 Å². The molecule has 0 spiro atoms. The van der Waals surface area contributed by atoms with E-state index < -0.39 is 11.7 Å². The second-order valence-corrected chi connectivity index (χ2v) is 9.65. The molecular weight excluding hydrogens is 473 g/mol. The molecule has 4 rings (SSSR count). The summed E-state index contributed by atoms with van der Waals surface area (Å²) in [5.41, 5.74) is 0.855. The zero-order valence-electron chi connectivity index (χ0n) is 19.3. The molecule has 184 valence electrons. The number of carbonyl (C=O) groups excluding carboxylic acids is 1. The summed E-state index contributed by atoms with van der Waals surface area (Å²) in [6, 6.07) is 21.2. The summed E-state index contributed by atoms with van der Waals surface area (Å²) in [4.78, 5) is 14.2. The third-order valence-corrected chi connectivity index (χ3v) is 6.77. The summed E-state index contributed by atoms with van der Waals surface area (Å²) in [7, 11) is 0. The molecule has 1 aliphatic heterocycles. The standard InChI is InChI=1S/C27H27F3N2O2S/c1-19(33)14-21-17-32(13-12-31-21)22-10-11-26(25(15-22)27(28,29)30)35-24-9-5-8-23(16-24)34-18-20-6-3-2-4-7-20/h2-11,15-16,21,31H,12-14,17-18H2,1H3. The van der Waals surface area contributed by atoms with E-state index in [4.69, 9.17) is 4.74 Å². The minimum absolute atomic E-state index is 0.0575. The maximum absolute atomic E-state index is 14.0. The van der Waals surface area contributed by atoms with E-state index in [1.165, 1.54) is 19.1 Å². The van der Waals surface area contributed by atoms with Crippen molar-refractivity contribution in [3.63, 3.8) is 0 Å². The summed E-state index contributed by atoms with van der Waals surface area (Å²) in [5.74, 6) is 0.656. The Morgan fingerprint density at radius 1 is 1.09 bits per heavy atom. The summed E-state index contributed by atoms with van der Waals surface area (Å²) in [5, 5.41) is 3.26. The quantitative estimate of drug-likeness (QED) is 0.399. The van der Waals surface area contributed by atoms with Crippen LogP contribution in [0.5, 0.6) is 5.75 Å². The van der Waals surface area contributed by atoms with E-state index in [1.807, 2.05) is 35.2 Å². The predicted octanol–water partition coefficient (Wildman–Crippen LogP) is 6.19. The summed E-state index contributed by atoms with van der Waals surface area (Å²) < 4.78 is 47.9. The molecule has 0 bridgehead atoms. The Hall–Kier alpha value is -2.97. The Kier molecular flexibility index (Phi) is 8.03. The number of nitrogens with zero attached hydrogens (tertiary/aromatic N) is 1. The molecule has 0 aliphatic carbocycles. The smallest absolute Gasteiger partial charge is 0.417 e. The number of nitrogens with one attached hydrogen (secondary N) is 1. The van der Waals surface area contributed by atoms with Crippen molar-refractivity contribution in [2.75, 3.05) is 24.5 Å². The fourth-order valence-electron chi connectivity index (χ4n) is 4.06. The van der Waals surface area contributed by atoms with E-state index in [2.05, 4.69) is 5.32 Å². The van der Waals surface area contributed by atoms with Gasteiger partial charge in [0.25, 0.3) is 0 Å². The first-order valence-corrected chi connectivity index (χ1v) is 12.2. The molecule has 8 heteroatoms. The SMILES string of the molecule is CC(=O)CC1CN(c2ccc(Sc3cccc(OCc4ccccc4)c3)c(C(F)(F)F)c2)CCN1. The van der Waals surface area contributed by atoms with Crippen molar-refractivity contribution >= 4 is 23.2 Å². The Morgan fingerprint density at radius 3 is 2.63 bits per heavy atom. The lowest BCUT2D eigenvalue weighted by atomic mass is 10.1. The van der Waals surface area contributed by atoms with E-state index >= 15 is 0 Å². The van der Waals surface area contributed by atoms with Crippen LogP contribution in [0.3, 0.4) is 0 Å². The number of anilines is 1. The van der Waals surface area contributed by atoms with Gasteiger partial charge in [0.15, 0.2) is 0 Å². The third kappa shape index (κ3) is 7.02. The van der Waals surface area contributed by atoms with Crippen LogP contribution in [0.25, 0.3) is 0 Å². The zero-order chi connectivity index (χ0) is 24.8. The van der Waals surface area contributed by atoms with Crippen LogP contribution in [0.4, 0.5) is 18.9 Å². The lowest BCUT2D eigenvalue weighted by Gasteiger charge is -2.35. The van der Waals surface area contributed by atoms with Crippen molar-refractivity contribution in [3.05, 3.63) is 83.9 Å². The maximum Gasteiger partial charge on any atom is 0.417 e. The van der Waals surface area contributed by atoms with Gasteiger partial charge in [-0.05, 0) is 48.9 Å². The van der Waals surface area contributed by atoms with Gasteiger partial charge in [0.1, 0.15) is 18.1 Å². The molecule has 0 saturated carbocycles. The van der Waals surface area contributed by atoms with Gasteiger partial charge in [-0.2, -0.15) is 13.2 Å². The number of rotatable bonds is 8. The average molecular weight is 501 g/mol. The van der Waals surface area contributed by atoms with E-state index in [0.29, 0.717) is 49.0 Å². The first-order chi connectivity index (χ1) is 16.8. The predicted molar refractivity (Wildman–Crippen MR) is 132 cm³/mol. The summed E-state index contributed by atoms with van der Waals surface area (Å²) >= 11 is 1.07. The van der Waals surface area contributed by atoms with Crippen LogP contribution in [0.15, 0.2) is 82.6 Å². The van der Waals surface area contributed by atoms with Crippen molar-refractivity contribution in [3.8, 4) is 5.75 Å². The molecule has 0 radical (unpaired) electrons. The number of alkyl halides is 3. The van der Waals surface area contributed by atoms with Gasteiger partial charge in [0.05, 0.1) is 5.56 Å². The Labute approximate surface area is 207 Å². The van der Waals surface area contributed by atoms with Gasteiger partial charge in [0.2, 0.25) is 0 Å². The van der Waals surface area contributed by atoms with Crippen molar-refractivity contribution in [2.45, 2.75) is 42.0 Å².